The summed E-state index contributed by atoms with van der Waals surface area (Å²) in [6.45, 7) is 6.15. The van der Waals surface area contributed by atoms with Crippen molar-refractivity contribution >= 4 is 17.2 Å². The van der Waals surface area contributed by atoms with E-state index in [9.17, 15) is 4.79 Å². The SMILES string of the molecule is CCC1c2ccsc2CCN1CC(=O)NC(C)COC. The van der Waals surface area contributed by atoms with Crippen LogP contribution < -0.4 is 5.32 Å². The van der Waals surface area contributed by atoms with Crippen LogP contribution in [0.5, 0.6) is 0 Å². The Labute approximate surface area is 125 Å². The molecule has 0 fully saturated rings. The molecule has 112 valence electrons. The van der Waals surface area contributed by atoms with Crippen molar-refractivity contribution < 1.29 is 9.53 Å². The Balaban J connectivity index is 1.94. The Bertz CT molecular complexity index is 447. The number of amides is 1. The van der Waals surface area contributed by atoms with Gasteiger partial charge in [0.15, 0.2) is 0 Å². The van der Waals surface area contributed by atoms with Gasteiger partial charge in [-0.25, -0.2) is 0 Å². The Morgan fingerprint density at radius 1 is 1.65 bits per heavy atom. The molecule has 1 aliphatic heterocycles. The molecule has 1 N–H and O–H groups in total. The second kappa shape index (κ2) is 7.20. The summed E-state index contributed by atoms with van der Waals surface area (Å²) in [5, 5.41) is 5.15. The van der Waals surface area contributed by atoms with E-state index in [1.165, 1.54) is 10.4 Å². The van der Waals surface area contributed by atoms with Gasteiger partial charge in [0.05, 0.1) is 13.2 Å². The molecule has 0 bridgehead atoms. The first-order valence-corrected chi connectivity index (χ1v) is 8.12. The van der Waals surface area contributed by atoms with Crippen LogP contribution in [0.1, 0.15) is 36.8 Å². The number of thiophene rings is 1. The largest absolute Gasteiger partial charge is 0.383 e. The van der Waals surface area contributed by atoms with Crippen LogP contribution in [0.25, 0.3) is 0 Å². The summed E-state index contributed by atoms with van der Waals surface area (Å²) in [6, 6.07) is 2.66. The molecule has 4 nitrogen and oxygen atoms in total. The van der Waals surface area contributed by atoms with Crippen molar-refractivity contribution in [1.82, 2.24) is 10.2 Å². The second-order valence-electron chi connectivity index (χ2n) is 5.37. The van der Waals surface area contributed by atoms with Gasteiger partial charge in [0.2, 0.25) is 5.91 Å². The van der Waals surface area contributed by atoms with Gasteiger partial charge in [0.1, 0.15) is 0 Å². The van der Waals surface area contributed by atoms with E-state index >= 15 is 0 Å². The Hall–Kier alpha value is -0.910. The molecule has 2 unspecified atom stereocenters. The first-order chi connectivity index (χ1) is 9.65. The Kier molecular flexibility index (Phi) is 5.57. The van der Waals surface area contributed by atoms with Crippen LogP contribution in [0, 0.1) is 0 Å². The van der Waals surface area contributed by atoms with E-state index in [4.69, 9.17) is 4.74 Å². The lowest BCUT2D eigenvalue weighted by molar-refractivity contribution is -0.123. The maximum atomic E-state index is 12.1. The van der Waals surface area contributed by atoms with Gasteiger partial charge in [-0.05, 0) is 36.8 Å². The van der Waals surface area contributed by atoms with E-state index in [0.29, 0.717) is 19.2 Å². The minimum atomic E-state index is 0.0640. The fourth-order valence-electron chi connectivity index (χ4n) is 2.91. The summed E-state index contributed by atoms with van der Waals surface area (Å²) < 4.78 is 5.05. The van der Waals surface area contributed by atoms with Gasteiger partial charge in [0, 0.05) is 30.6 Å². The number of rotatable bonds is 6. The number of ether oxygens (including phenoxy) is 1. The molecular formula is C15H24N2O2S. The van der Waals surface area contributed by atoms with Crippen LogP contribution in [0.3, 0.4) is 0 Å². The lowest BCUT2D eigenvalue weighted by Crippen LogP contribution is -2.45. The quantitative estimate of drug-likeness (QED) is 0.875. The van der Waals surface area contributed by atoms with Crippen molar-refractivity contribution in [2.45, 2.75) is 38.8 Å². The number of hydrogen-bond acceptors (Lipinski definition) is 4. The molecule has 5 heteroatoms. The highest BCUT2D eigenvalue weighted by Gasteiger charge is 2.28. The molecule has 0 aromatic carbocycles. The van der Waals surface area contributed by atoms with Crippen molar-refractivity contribution in [3.63, 3.8) is 0 Å². The number of fused-ring (bicyclic) bond motifs is 1. The molecule has 1 aromatic rings. The highest BCUT2D eigenvalue weighted by atomic mass is 32.1. The highest BCUT2D eigenvalue weighted by molar-refractivity contribution is 7.10. The molecule has 0 saturated heterocycles. The number of methoxy groups -OCH3 is 1. The highest BCUT2D eigenvalue weighted by Crippen LogP contribution is 2.34. The molecule has 0 radical (unpaired) electrons. The molecule has 20 heavy (non-hydrogen) atoms. The number of hydrogen-bond donors (Lipinski definition) is 1. The van der Waals surface area contributed by atoms with Crippen molar-refractivity contribution in [2.24, 2.45) is 0 Å². The van der Waals surface area contributed by atoms with Crippen molar-refractivity contribution in [3.05, 3.63) is 21.9 Å². The van der Waals surface area contributed by atoms with Crippen molar-refractivity contribution in [3.8, 4) is 0 Å². The normalized spacial score (nSPS) is 20.4. The molecule has 0 aliphatic carbocycles. The summed E-state index contributed by atoms with van der Waals surface area (Å²) in [5.41, 5.74) is 1.42. The van der Waals surface area contributed by atoms with Gasteiger partial charge >= 0.3 is 0 Å². The summed E-state index contributed by atoms with van der Waals surface area (Å²) in [4.78, 5) is 15.9. The van der Waals surface area contributed by atoms with Gasteiger partial charge < -0.3 is 10.1 Å². The maximum Gasteiger partial charge on any atom is 0.234 e. The van der Waals surface area contributed by atoms with E-state index in [-0.39, 0.29) is 11.9 Å². The summed E-state index contributed by atoms with van der Waals surface area (Å²) in [6.07, 6.45) is 2.11. The van der Waals surface area contributed by atoms with Crippen LogP contribution in [0.15, 0.2) is 11.4 Å². The van der Waals surface area contributed by atoms with E-state index in [1.54, 1.807) is 7.11 Å². The zero-order chi connectivity index (χ0) is 14.5. The number of carbonyl (C=O) groups excluding carboxylic acids is 1. The van der Waals surface area contributed by atoms with Gasteiger partial charge in [-0.15, -0.1) is 11.3 Å². The molecule has 2 atom stereocenters. The van der Waals surface area contributed by atoms with Gasteiger partial charge in [-0.1, -0.05) is 6.92 Å². The lowest BCUT2D eigenvalue weighted by atomic mass is 9.98. The number of nitrogens with zero attached hydrogens (tertiary/aromatic N) is 1. The molecule has 1 amide bonds. The topological polar surface area (TPSA) is 41.6 Å². The van der Waals surface area contributed by atoms with Crippen LogP contribution >= 0.6 is 11.3 Å². The van der Waals surface area contributed by atoms with E-state index < -0.39 is 0 Å². The summed E-state index contributed by atoms with van der Waals surface area (Å²) in [5.74, 6) is 0.0895. The molecular weight excluding hydrogens is 272 g/mol. The second-order valence-corrected chi connectivity index (χ2v) is 6.37. The predicted octanol–water partition coefficient (Wildman–Crippen LogP) is 2.21. The first kappa shape index (κ1) is 15.5. The van der Waals surface area contributed by atoms with Gasteiger partial charge in [0.25, 0.3) is 0 Å². The third kappa shape index (κ3) is 3.59. The monoisotopic (exact) mass is 296 g/mol. The standard InChI is InChI=1S/C15H24N2O2S/c1-4-13-12-6-8-20-14(12)5-7-17(13)9-15(18)16-11(2)10-19-3/h6,8,11,13H,4-5,7,9-10H2,1-3H3,(H,16,18). The molecule has 2 heterocycles. The third-order valence-corrected chi connectivity index (χ3v) is 4.76. The fourth-order valence-corrected chi connectivity index (χ4v) is 3.84. The first-order valence-electron chi connectivity index (χ1n) is 7.24. The zero-order valence-electron chi connectivity index (χ0n) is 12.5. The number of carbonyl (C=O) groups is 1. The molecule has 0 saturated carbocycles. The van der Waals surface area contributed by atoms with Crippen LogP contribution in [-0.2, 0) is 16.0 Å². The fraction of sp³-hybridized carbons (Fsp3) is 0.667. The maximum absolute atomic E-state index is 12.1. The van der Waals surface area contributed by atoms with Crippen LogP contribution in [-0.4, -0.2) is 43.7 Å². The van der Waals surface area contributed by atoms with Crippen LogP contribution in [0.4, 0.5) is 0 Å². The minimum absolute atomic E-state index is 0.0640. The van der Waals surface area contributed by atoms with Gasteiger partial charge in [-0.2, -0.15) is 0 Å². The predicted molar refractivity (Wildman–Crippen MR) is 82.1 cm³/mol. The van der Waals surface area contributed by atoms with Gasteiger partial charge in [-0.3, -0.25) is 9.69 Å². The summed E-state index contributed by atoms with van der Waals surface area (Å²) >= 11 is 1.84. The average Bonchev–Trinajstić information content (AvgIpc) is 2.86. The Morgan fingerprint density at radius 3 is 3.15 bits per heavy atom. The van der Waals surface area contributed by atoms with E-state index in [1.807, 2.05) is 18.3 Å². The van der Waals surface area contributed by atoms with Crippen molar-refractivity contribution in [2.75, 3.05) is 26.8 Å². The molecule has 1 aliphatic rings. The third-order valence-electron chi connectivity index (χ3n) is 3.76. The van der Waals surface area contributed by atoms with Crippen molar-refractivity contribution in [1.29, 1.82) is 0 Å². The molecule has 0 spiro atoms. The minimum Gasteiger partial charge on any atom is -0.383 e. The van der Waals surface area contributed by atoms with E-state index in [0.717, 1.165) is 19.4 Å². The lowest BCUT2D eigenvalue weighted by Gasteiger charge is -2.35. The average molecular weight is 296 g/mol. The smallest absolute Gasteiger partial charge is 0.234 e. The molecule has 2 rings (SSSR count). The Morgan fingerprint density at radius 2 is 2.45 bits per heavy atom. The zero-order valence-corrected chi connectivity index (χ0v) is 13.3. The summed E-state index contributed by atoms with van der Waals surface area (Å²) in [7, 11) is 1.65. The van der Waals surface area contributed by atoms with Crippen LogP contribution in [0.2, 0.25) is 0 Å². The van der Waals surface area contributed by atoms with E-state index in [2.05, 4.69) is 28.6 Å². The number of nitrogens with one attached hydrogen (secondary N) is 1. The molecule has 1 aromatic heterocycles.